The fourth-order valence-electron chi connectivity index (χ4n) is 4.22. The summed E-state index contributed by atoms with van der Waals surface area (Å²) in [5.74, 6) is -0.507. The third-order valence-corrected chi connectivity index (χ3v) is 6.04. The monoisotopic (exact) mass is 399 g/mol. The topological polar surface area (TPSA) is 70.5 Å². The molecule has 7 nitrogen and oxygen atoms in total. The molecule has 4 rings (SSSR count). The van der Waals surface area contributed by atoms with Crippen LogP contribution in [0, 0.1) is 12.7 Å². The molecule has 3 heterocycles. The number of nitrogens with zero attached hydrogens (tertiary/aromatic N) is 4. The van der Waals surface area contributed by atoms with Gasteiger partial charge in [0, 0.05) is 44.1 Å². The Morgan fingerprint density at radius 1 is 1.10 bits per heavy atom. The number of rotatable bonds is 3. The number of benzene rings is 1. The van der Waals surface area contributed by atoms with Gasteiger partial charge in [0.05, 0.1) is 0 Å². The van der Waals surface area contributed by atoms with E-state index in [9.17, 15) is 14.0 Å². The average molecular weight is 399 g/mol. The molecule has 1 N–H and O–H groups in total. The molecule has 29 heavy (non-hydrogen) atoms. The first kappa shape index (κ1) is 19.6. The number of hydrogen-bond donors (Lipinski definition) is 1. The van der Waals surface area contributed by atoms with Crippen LogP contribution in [-0.4, -0.2) is 70.7 Å². The first-order chi connectivity index (χ1) is 14.0. The van der Waals surface area contributed by atoms with Crippen molar-refractivity contribution in [3.05, 3.63) is 53.6 Å². The molecule has 2 aliphatic rings. The van der Waals surface area contributed by atoms with E-state index >= 15 is 0 Å². The summed E-state index contributed by atoms with van der Waals surface area (Å²) >= 11 is 0. The first-order valence-corrected chi connectivity index (χ1v) is 10.1. The van der Waals surface area contributed by atoms with Gasteiger partial charge in [-0.2, -0.15) is 5.10 Å². The van der Waals surface area contributed by atoms with Gasteiger partial charge in [-0.3, -0.25) is 14.3 Å². The maximum absolute atomic E-state index is 13.8. The predicted octanol–water partition coefficient (Wildman–Crippen LogP) is 1.39. The van der Waals surface area contributed by atoms with Crippen LogP contribution in [0.2, 0.25) is 0 Å². The van der Waals surface area contributed by atoms with Gasteiger partial charge in [-0.15, -0.1) is 0 Å². The maximum Gasteiger partial charge on any atom is 0.254 e. The van der Waals surface area contributed by atoms with Crippen LogP contribution < -0.4 is 5.32 Å². The van der Waals surface area contributed by atoms with Crippen LogP contribution in [0.5, 0.6) is 0 Å². The van der Waals surface area contributed by atoms with Gasteiger partial charge >= 0.3 is 0 Å². The third-order valence-electron chi connectivity index (χ3n) is 6.04. The highest BCUT2D eigenvalue weighted by atomic mass is 19.1. The van der Waals surface area contributed by atoms with Gasteiger partial charge in [0.15, 0.2) is 0 Å². The molecule has 0 aliphatic carbocycles. The van der Waals surface area contributed by atoms with Crippen molar-refractivity contribution in [1.82, 2.24) is 24.9 Å². The summed E-state index contributed by atoms with van der Waals surface area (Å²) in [6, 6.07) is 6.40. The van der Waals surface area contributed by atoms with Crippen molar-refractivity contribution in [2.75, 3.05) is 39.3 Å². The molecule has 1 aromatic heterocycles. The number of aromatic nitrogens is 2. The van der Waals surface area contributed by atoms with E-state index < -0.39 is 5.54 Å². The molecule has 8 heteroatoms. The molecular formula is C21H26FN5O2. The molecule has 0 bridgehead atoms. The number of piperazine rings is 1. The summed E-state index contributed by atoms with van der Waals surface area (Å²) in [5, 5.41) is 7.68. The molecule has 0 radical (unpaired) electrons. The summed E-state index contributed by atoms with van der Waals surface area (Å²) in [7, 11) is 0. The fourth-order valence-corrected chi connectivity index (χ4v) is 4.22. The lowest BCUT2D eigenvalue weighted by Crippen LogP contribution is -2.59. The van der Waals surface area contributed by atoms with Crippen LogP contribution in [-0.2, 0) is 10.3 Å². The largest absolute Gasteiger partial charge is 0.337 e. The highest BCUT2D eigenvalue weighted by Crippen LogP contribution is 2.30. The normalized spacial score (nSPS) is 19.2. The number of carbonyl (C=O) groups is 2. The van der Waals surface area contributed by atoms with Crippen LogP contribution in [0.3, 0.4) is 0 Å². The molecule has 2 aromatic rings. The number of hydrogen-bond acceptors (Lipinski definition) is 4. The maximum atomic E-state index is 13.8. The van der Waals surface area contributed by atoms with Gasteiger partial charge in [-0.1, -0.05) is 6.07 Å². The highest BCUT2D eigenvalue weighted by molar-refractivity contribution is 5.94. The molecule has 0 atom stereocenters. The van der Waals surface area contributed by atoms with Crippen molar-refractivity contribution in [3.8, 4) is 0 Å². The molecular weight excluding hydrogens is 373 g/mol. The summed E-state index contributed by atoms with van der Waals surface area (Å²) in [6.07, 6.45) is 4.94. The smallest absolute Gasteiger partial charge is 0.254 e. The Kier molecular flexibility index (Phi) is 5.36. The standard InChI is InChI=1S/C21H26FN5O2/c1-16-3-4-17(15-18(16)22)19(28)25-11-13-26(14-12-25)20(29)21(5-8-23-9-6-21)27-10-2-7-24-27/h2-4,7,10,15,23H,5-6,8-9,11-14H2,1H3. The van der Waals surface area contributed by atoms with Crippen molar-refractivity contribution in [1.29, 1.82) is 0 Å². The summed E-state index contributed by atoms with van der Waals surface area (Å²) < 4.78 is 15.6. The predicted molar refractivity (Wildman–Crippen MR) is 106 cm³/mol. The molecule has 2 saturated heterocycles. The quantitative estimate of drug-likeness (QED) is 0.847. The van der Waals surface area contributed by atoms with Crippen LogP contribution in [0.25, 0.3) is 0 Å². The van der Waals surface area contributed by atoms with E-state index in [1.165, 1.54) is 6.07 Å². The summed E-state index contributed by atoms with van der Waals surface area (Å²) in [5.41, 5.74) is 0.197. The molecule has 2 fully saturated rings. The SMILES string of the molecule is Cc1ccc(C(=O)N2CCN(C(=O)C3(n4cccn4)CCNCC3)CC2)cc1F. The first-order valence-electron chi connectivity index (χ1n) is 10.1. The number of nitrogens with one attached hydrogen (secondary N) is 1. The molecule has 0 saturated carbocycles. The molecule has 1 aromatic carbocycles. The minimum atomic E-state index is -0.666. The van der Waals surface area contributed by atoms with Crippen LogP contribution in [0.15, 0.2) is 36.7 Å². The highest BCUT2D eigenvalue weighted by Gasteiger charge is 2.45. The Labute approximate surface area is 169 Å². The summed E-state index contributed by atoms with van der Waals surface area (Å²) in [4.78, 5) is 29.7. The molecule has 2 aliphatic heterocycles. The minimum Gasteiger partial charge on any atom is -0.337 e. The van der Waals surface area contributed by atoms with Gasteiger partial charge in [-0.25, -0.2) is 4.39 Å². The number of piperidine rings is 1. The van der Waals surface area contributed by atoms with Gasteiger partial charge in [0.25, 0.3) is 11.8 Å². The third kappa shape index (κ3) is 3.64. The number of halogens is 1. The van der Waals surface area contributed by atoms with E-state index in [4.69, 9.17) is 0 Å². The van der Waals surface area contributed by atoms with Crippen molar-refractivity contribution in [2.24, 2.45) is 0 Å². The lowest BCUT2D eigenvalue weighted by atomic mass is 9.86. The molecule has 154 valence electrons. The Morgan fingerprint density at radius 2 is 1.79 bits per heavy atom. The van der Waals surface area contributed by atoms with Gasteiger partial charge in [0.1, 0.15) is 11.4 Å². The zero-order valence-corrected chi connectivity index (χ0v) is 16.6. The zero-order chi connectivity index (χ0) is 20.4. The molecule has 0 spiro atoms. The van der Waals surface area contributed by atoms with E-state index in [0.29, 0.717) is 50.1 Å². The Morgan fingerprint density at radius 3 is 2.41 bits per heavy atom. The van der Waals surface area contributed by atoms with Crippen LogP contribution in [0.4, 0.5) is 4.39 Å². The second-order valence-electron chi connectivity index (χ2n) is 7.78. The lowest BCUT2D eigenvalue weighted by Gasteiger charge is -2.43. The minimum absolute atomic E-state index is 0.0659. The van der Waals surface area contributed by atoms with Crippen molar-refractivity contribution in [2.45, 2.75) is 25.3 Å². The van der Waals surface area contributed by atoms with Crippen molar-refractivity contribution in [3.63, 3.8) is 0 Å². The van der Waals surface area contributed by atoms with Crippen LogP contribution in [0.1, 0.15) is 28.8 Å². The Hall–Kier alpha value is -2.74. The molecule has 0 unspecified atom stereocenters. The fraction of sp³-hybridized carbons (Fsp3) is 0.476. The van der Waals surface area contributed by atoms with Gasteiger partial charge < -0.3 is 15.1 Å². The van der Waals surface area contributed by atoms with E-state index in [1.54, 1.807) is 34.8 Å². The van der Waals surface area contributed by atoms with Crippen molar-refractivity contribution >= 4 is 11.8 Å². The Balaban J connectivity index is 1.45. The number of aryl methyl sites for hydroxylation is 1. The number of amides is 2. The van der Waals surface area contributed by atoms with Gasteiger partial charge in [0.2, 0.25) is 0 Å². The van der Waals surface area contributed by atoms with Crippen LogP contribution >= 0.6 is 0 Å². The zero-order valence-electron chi connectivity index (χ0n) is 16.6. The number of carbonyl (C=O) groups excluding carboxylic acids is 2. The van der Waals surface area contributed by atoms with Gasteiger partial charge in [-0.05, 0) is 56.6 Å². The second kappa shape index (κ2) is 7.94. The van der Waals surface area contributed by atoms with E-state index in [1.807, 2.05) is 17.2 Å². The van der Waals surface area contributed by atoms with E-state index in [-0.39, 0.29) is 17.6 Å². The van der Waals surface area contributed by atoms with E-state index in [0.717, 1.165) is 13.1 Å². The average Bonchev–Trinajstić information content (AvgIpc) is 3.31. The Bertz CT molecular complexity index is 884. The lowest BCUT2D eigenvalue weighted by molar-refractivity contribution is -0.144. The summed E-state index contributed by atoms with van der Waals surface area (Å²) in [6.45, 7) is 5.02. The van der Waals surface area contributed by atoms with E-state index in [2.05, 4.69) is 10.4 Å². The second-order valence-corrected chi connectivity index (χ2v) is 7.78. The van der Waals surface area contributed by atoms with Crippen molar-refractivity contribution < 1.29 is 14.0 Å². The molecule has 2 amide bonds.